The van der Waals surface area contributed by atoms with Crippen molar-refractivity contribution in [3.8, 4) is 22.4 Å². The normalized spacial score (nSPS) is 10.5. The van der Waals surface area contributed by atoms with E-state index in [2.05, 4.69) is 9.97 Å². The highest BCUT2D eigenvalue weighted by molar-refractivity contribution is 5.97. The van der Waals surface area contributed by atoms with Crippen molar-refractivity contribution in [2.24, 2.45) is 0 Å². The van der Waals surface area contributed by atoms with Crippen molar-refractivity contribution >= 4 is 23.4 Å². The number of nitrogen functional groups attached to an aromatic ring is 2. The Bertz CT molecular complexity index is 997. The number of carboxylic acids is 1. The maximum Gasteiger partial charge on any atom is 0.335 e. The number of aromatic nitrogens is 2. The summed E-state index contributed by atoms with van der Waals surface area (Å²) in [6.45, 7) is 1.35. The monoisotopic (exact) mass is 348 g/mol. The summed E-state index contributed by atoms with van der Waals surface area (Å²) in [7, 11) is 0. The fraction of sp³-hybridized carbons (Fsp3) is 0.0526. The first-order valence-corrected chi connectivity index (χ1v) is 7.75. The summed E-state index contributed by atoms with van der Waals surface area (Å²) in [5.74, 6) is -1.10. The lowest BCUT2D eigenvalue weighted by molar-refractivity contribution is 0.0696. The number of nitrogens with zero attached hydrogens (tertiary/aromatic N) is 2. The van der Waals surface area contributed by atoms with E-state index in [0.717, 1.165) is 11.1 Å². The molecule has 5 N–H and O–H groups in total. The predicted octanol–water partition coefficient (Wildman–Crippen LogP) is 2.88. The van der Waals surface area contributed by atoms with Crippen LogP contribution in [0.15, 0.2) is 48.5 Å². The molecular weight excluding hydrogens is 332 g/mol. The minimum absolute atomic E-state index is 0.0371. The molecule has 0 amide bonds. The van der Waals surface area contributed by atoms with Gasteiger partial charge in [-0.25, -0.2) is 14.8 Å². The number of benzene rings is 2. The SMILES string of the molecule is CC(=O)c1nc(N)c(-c2ccc(-c3ccc(C(=O)O)cc3)cc2)nc1N. The molecule has 0 unspecified atom stereocenters. The Labute approximate surface area is 149 Å². The van der Waals surface area contributed by atoms with E-state index >= 15 is 0 Å². The summed E-state index contributed by atoms with van der Waals surface area (Å²) < 4.78 is 0. The van der Waals surface area contributed by atoms with E-state index in [9.17, 15) is 9.59 Å². The van der Waals surface area contributed by atoms with Crippen LogP contribution in [-0.2, 0) is 0 Å². The molecule has 0 radical (unpaired) electrons. The van der Waals surface area contributed by atoms with Crippen LogP contribution in [0.25, 0.3) is 22.4 Å². The van der Waals surface area contributed by atoms with Gasteiger partial charge < -0.3 is 16.6 Å². The van der Waals surface area contributed by atoms with Gasteiger partial charge in [0.1, 0.15) is 5.69 Å². The van der Waals surface area contributed by atoms with Crippen LogP contribution < -0.4 is 11.5 Å². The molecule has 1 heterocycles. The highest BCUT2D eigenvalue weighted by Gasteiger charge is 2.14. The van der Waals surface area contributed by atoms with E-state index in [1.807, 2.05) is 24.3 Å². The standard InChI is InChI=1S/C19H16N4O3/c1-10(24)15-17(20)23-16(18(21)22-15)13-6-2-11(3-7-13)12-4-8-14(9-5-12)19(25)26/h2-9H,1H3,(H2,20,23)(H2,21,22)(H,25,26). The number of carboxylic acid groups (broad SMARTS) is 1. The average Bonchev–Trinajstić information content (AvgIpc) is 2.63. The topological polar surface area (TPSA) is 132 Å². The predicted molar refractivity (Wildman–Crippen MR) is 98.7 cm³/mol. The van der Waals surface area contributed by atoms with Crippen LogP contribution >= 0.6 is 0 Å². The fourth-order valence-corrected chi connectivity index (χ4v) is 2.56. The Morgan fingerprint density at radius 2 is 1.31 bits per heavy atom. The first-order valence-electron chi connectivity index (χ1n) is 7.75. The number of hydrogen-bond acceptors (Lipinski definition) is 6. The number of aromatic carboxylic acids is 1. The lowest BCUT2D eigenvalue weighted by atomic mass is 10.0. The van der Waals surface area contributed by atoms with E-state index in [-0.39, 0.29) is 28.7 Å². The average molecular weight is 348 g/mol. The summed E-state index contributed by atoms with van der Waals surface area (Å²) in [6.07, 6.45) is 0. The molecule has 2 aromatic carbocycles. The smallest absolute Gasteiger partial charge is 0.335 e. The minimum atomic E-state index is -0.965. The zero-order valence-corrected chi connectivity index (χ0v) is 13.9. The molecule has 7 heteroatoms. The summed E-state index contributed by atoms with van der Waals surface area (Å²) in [5, 5.41) is 8.95. The van der Waals surface area contributed by atoms with Crippen LogP contribution in [0.3, 0.4) is 0 Å². The zero-order valence-electron chi connectivity index (χ0n) is 13.9. The Morgan fingerprint density at radius 1 is 0.808 bits per heavy atom. The molecule has 3 rings (SSSR count). The maximum absolute atomic E-state index is 11.5. The van der Waals surface area contributed by atoms with Gasteiger partial charge in [0.25, 0.3) is 0 Å². The molecule has 26 heavy (non-hydrogen) atoms. The van der Waals surface area contributed by atoms with E-state index < -0.39 is 5.97 Å². The summed E-state index contributed by atoms with van der Waals surface area (Å²) in [5.41, 5.74) is 14.9. The maximum atomic E-state index is 11.5. The van der Waals surface area contributed by atoms with E-state index in [1.165, 1.54) is 6.92 Å². The van der Waals surface area contributed by atoms with Crippen LogP contribution in [0.2, 0.25) is 0 Å². The molecule has 0 aliphatic carbocycles. The molecule has 0 saturated heterocycles. The first-order chi connectivity index (χ1) is 12.4. The van der Waals surface area contributed by atoms with E-state index in [0.29, 0.717) is 11.3 Å². The highest BCUT2D eigenvalue weighted by atomic mass is 16.4. The van der Waals surface area contributed by atoms with Crippen molar-refractivity contribution in [1.29, 1.82) is 0 Å². The third kappa shape index (κ3) is 3.23. The molecule has 0 spiro atoms. The molecular formula is C19H16N4O3. The number of rotatable bonds is 4. The number of ketones is 1. The second-order valence-electron chi connectivity index (χ2n) is 5.71. The number of Topliss-reactive ketones (excluding diaryl/α,β-unsaturated/α-hetero) is 1. The van der Waals surface area contributed by atoms with Crippen molar-refractivity contribution < 1.29 is 14.7 Å². The quantitative estimate of drug-likeness (QED) is 0.617. The minimum Gasteiger partial charge on any atom is -0.478 e. The fourth-order valence-electron chi connectivity index (χ4n) is 2.56. The highest BCUT2D eigenvalue weighted by Crippen LogP contribution is 2.28. The van der Waals surface area contributed by atoms with E-state index in [1.54, 1.807) is 24.3 Å². The number of anilines is 2. The van der Waals surface area contributed by atoms with Gasteiger partial charge in [0.15, 0.2) is 23.1 Å². The van der Waals surface area contributed by atoms with Gasteiger partial charge in [0.2, 0.25) is 0 Å². The number of nitrogens with two attached hydrogens (primary N) is 2. The first kappa shape index (κ1) is 17.1. The van der Waals surface area contributed by atoms with Crippen molar-refractivity contribution in [3.63, 3.8) is 0 Å². The van der Waals surface area contributed by atoms with Gasteiger partial charge in [-0.3, -0.25) is 4.79 Å². The Balaban J connectivity index is 1.94. The van der Waals surface area contributed by atoms with Crippen molar-refractivity contribution in [3.05, 3.63) is 59.8 Å². The molecule has 0 aliphatic rings. The van der Waals surface area contributed by atoms with Crippen molar-refractivity contribution in [2.75, 3.05) is 11.5 Å². The van der Waals surface area contributed by atoms with Crippen LogP contribution in [0, 0.1) is 0 Å². The third-order valence-electron chi connectivity index (χ3n) is 3.91. The number of hydrogen-bond donors (Lipinski definition) is 3. The lowest BCUT2D eigenvalue weighted by Crippen LogP contribution is -2.09. The largest absolute Gasteiger partial charge is 0.478 e. The van der Waals surface area contributed by atoms with Gasteiger partial charge in [-0.15, -0.1) is 0 Å². The Morgan fingerprint density at radius 3 is 1.81 bits per heavy atom. The van der Waals surface area contributed by atoms with Gasteiger partial charge in [0.05, 0.1) is 5.56 Å². The summed E-state index contributed by atoms with van der Waals surface area (Å²) >= 11 is 0. The molecule has 0 saturated carbocycles. The number of carbonyl (C=O) groups excluding carboxylic acids is 1. The second kappa shape index (κ2) is 6.64. The third-order valence-corrected chi connectivity index (χ3v) is 3.91. The summed E-state index contributed by atoms with van der Waals surface area (Å²) in [4.78, 5) is 30.6. The van der Waals surface area contributed by atoms with Crippen LogP contribution in [0.5, 0.6) is 0 Å². The Kier molecular flexibility index (Phi) is 4.36. The van der Waals surface area contributed by atoms with Gasteiger partial charge in [-0.1, -0.05) is 36.4 Å². The Hall–Kier alpha value is -3.74. The van der Waals surface area contributed by atoms with Crippen molar-refractivity contribution in [2.45, 2.75) is 6.92 Å². The van der Waals surface area contributed by atoms with E-state index in [4.69, 9.17) is 16.6 Å². The molecule has 0 aliphatic heterocycles. The molecule has 1 aromatic heterocycles. The second-order valence-corrected chi connectivity index (χ2v) is 5.71. The molecule has 0 fully saturated rings. The number of carbonyl (C=O) groups is 2. The molecule has 130 valence electrons. The van der Waals surface area contributed by atoms with Crippen LogP contribution in [0.4, 0.5) is 11.6 Å². The molecule has 3 aromatic rings. The molecule has 0 atom stereocenters. The van der Waals surface area contributed by atoms with Crippen molar-refractivity contribution in [1.82, 2.24) is 9.97 Å². The van der Waals surface area contributed by atoms with Gasteiger partial charge >= 0.3 is 5.97 Å². The van der Waals surface area contributed by atoms with Gasteiger partial charge in [0, 0.05) is 12.5 Å². The van der Waals surface area contributed by atoms with Gasteiger partial charge in [-0.2, -0.15) is 0 Å². The molecule has 0 bridgehead atoms. The van der Waals surface area contributed by atoms with Crippen LogP contribution in [-0.4, -0.2) is 26.8 Å². The van der Waals surface area contributed by atoms with Crippen LogP contribution in [0.1, 0.15) is 27.8 Å². The lowest BCUT2D eigenvalue weighted by Gasteiger charge is -2.09. The molecule has 7 nitrogen and oxygen atoms in total. The zero-order chi connectivity index (χ0) is 18.8. The summed E-state index contributed by atoms with van der Waals surface area (Å²) in [6, 6.07) is 13.9. The van der Waals surface area contributed by atoms with Gasteiger partial charge in [-0.05, 0) is 23.3 Å².